The van der Waals surface area contributed by atoms with Gasteiger partial charge >= 0.3 is 0 Å². The van der Waals surface area contributed by atoms with Gasteiger partial charge < -0.3 is 14.8 Å². The van der Waals surface area contributed by atoms with Crippen molar-refractivity contribution in [2.75, 3.05) is 20.8 Å². The monoisotopic (exact) mass is 215 g/mol. The third-order valence-corrected chi connectivity index (χ3v) is 3.38. The summed E-state index contributed by atoms with van der Waals surface area (Å²) in [6.07, 6.45) is 5.29. The van der Waals surface area contributed by atoms with Crippen molar-refractivity contribution in [2.45, 2.75) is 57.3 Å². The van der Waals surface area contributed by atoms with E-state index in [1.54, 1.807) is 7.11 Å². The summed E-state index contributed by atoms with van der Waals surface area (Å²) >= 11 is 0. The minimum atomic E-state index is -0.0574. The fourth-order valence-corrected chi connectivity index (χ4v) is 1.96. The number of rotatable bonds is 5. The van der Waals surface area contributed by atoms with E-state index >= 15 is 0 Å². The van der Waals surface area contributed by atoms with Crippen molar-refractivity contribution in [1.82, 2.24) is 5.32 Å². The van der Waals surface area contributed by atoms with Crippen molar-refractivity contribution in [3.8, 4) is 0 Å². The van der Waals surface area contributed by atoms with Crippen molar-refractivity contribution < 1.29 is 9.47 Å². The minimum absolute atomic E-state index is 0.0574. The molecule has 1 fully saturated rings. The Hall–Kier alpha value is -0.120. The molecule has 0 aromatic carbocycles. The van der Waals surface area contributed by atoms with Crippen molar-refractivity contribution in [3.63, 3.8) is 0 Å². The van der Waals surface area contributed by atoms with Crippen LogP contribution in [0, 0.1) is 0 Å². The van der Waals surface area contributed by atoms with E-state index in [0.717, 1.165) is 6.54 Å². The lowest BCUT2D eigenvalue weighted by Gasteiger charge is -2.31. The Morgan fingerprint density at radius 1 is 1.13 bits per heavy atom. The lowest BCUT2D eigenvalue weighted by Crippen LogP contribution is -2.43. The molecule has 0 spiro atoms. The van der Waals surface area contributed by atoms with Crippen LogP contribution in [-0.2, 0) is 9.47 Å². The Bertz CT molecular complexity index is 174. The zero-order valence-corrected chi connectivity index (χ0v) is 10.5. The summed E-state index contributed by atoms with van der Waals surface area (Å²) in [5.74, 6) is 0. The molecule has 0 saturated heterocycles. The summed E-state index contributed by atoms with van der Waals surface area (Å²) in [4.78, 5) is 0. The highest BCUT2D eigenvalue weighted by molar-refractivity contribution is 4.80. The van der Waals surface area contributed by atoms with E-state index in [1.165, 1.54) is 25.7 Å². The molecule has 0 atom stereocenters. The van der Waals surface area contributed by atoms with E-state index in [9.17, 15) is 0 Å². The molecule has 1 saturated carbocycles. The molecule has 15 heavy (non-hydrogen) atoms. The van der Waals surface area contributed by atoms with Crippen LogP contribution in [0.5, 0.6) is 0 Å². The largest absolute Gasteiger partial charge is 0.381 e. The summed E-state index contributed by atoms with van der Waals surface area (Å²) in [6, 6.07) is 0.644. The standard InChI is InChI=1S/C12H25NO2/c1-12(2,15-4)9-13-10-5-7-11(14-3)8-6-10/h10-11,13H,5-9H2,1-4H3. The van der Waals surface area contributed by atoms with Crippen LogP contribution in [0.1, 0.15) is 39.5 Å². The number of ether oxygens (including phenoxy) is 2. The fourth-order valence-electron chi connectivity index (χ4n) is 1.96. The molecule has 0 aliphatic heterocycles. The molecule has 0 unspecified atom stereocenters. The third-order valence-electron chi connectivity index (χ3n) is 3.38. The molecule has 0 amide bonds. The second-order valence-electron chi connectivity index (χ2n) is 5.05. The molecule has 1 aliphatic carbocycles. The van der Waals surface area contributed by atoms with Gasteiger partial charge in [-0.15, -0.1) is 0 Å². The number of hydrogen-bond donors (Lipinski definition) is 1. The minimum Gasteiger partial charge on any atom is -0.381 e. The van der Waals surface area contributed by atoms with Crippen LogP contribution in [-0.4, -0.2) is 38.5 Å². The summed E-state index contributed by atoms with van der Waals surface area (Å²) in [5.41, 5.74) is -0.0574. The van der Waals surface area contributed by atoms with Crippen molar-refractivity contribution in [1.29, 1.82) is 0 Å². The maximum Gasteiger partial charge on any atom is 0.0746 e. The van der Waals surface area contributed by atoms with Crippen molar-refractivity contribution in [2.24, 2.45) is 0 Å². The van der Waals surface area contributed by atoms with Crippen LogP contribution in [0.15, 0.2) is 0 Å². The Morgan fingerprint density at radius 2 is 1.73 bits per heavy atom. The lowest BCUT2D eigenvalue weighted by atomic mass is 9.92. The van der Waals surface area contributed by atoms with E-state index in [1.807, 2.05) is 7.11 Å². The van der Waals surface area contributed by atoms with Gasteiger partial charge in [0.25, 0.3) is 0 Å². The molecule has 3 nitrogen and oxygen atoms in total. The highest BCUT2D eigenvalue weighted by atomic mass is 16.5. The molecule has 0 radical (unpaired) electrons. The molecule has 1 aliphatic rings. The summed E-state index contributed by atoms with van der Waals surface area (Å²) in [6.45, 7) is 5.15. The quantitative estimate of drug-likeness (QED) is 0.760. The van der Waals surface area contributed by atoms with E-state index < -0.39 is 0 Å². The predicted octanol–water partition coefficient (Wildman–Crippen LogP) is 1.96. The van der Waals surface area contributed by atoms with Gasteiger partial charge in [-0.3, -0.25) is 0 Å². The Balaban J connectivity index is 2.19. The molecule has 1 N–H and O–H groups in total. The van der Waals surface area contributed by atoms with Crippen LogP contribution in [0.4, 0.5) is 0 Å². The van der Waals surface area contributed by atoms with Gasteiger partial charge in [-0.25, -0.2) is 0 Å². The molecular formula is C12H25NO2. The maximum absolute atomic E-state index is 5.38. The van der Waals surface area contributed by atoms with Crippen LogP contribution in [0.3, 0.4) is 0 Å². The molecule has 0 aromatic rings. The second-order valence-corrected chi connectivity index (χ2v) is 5.05. The van der Waals surface area contributed by atoms with Crippen LogP contribution in [0.2, 0.25) is 0 Å². The molecule has 1 rings (SSSR count). The fraction of sp³-hybridized carbons (Fsp3) is 1.00. The highest BCUT2D eigenvalue weighted by Gasteiger charge is 2.23. The van der Waals surface area contributed by atoms with Gasteiger partial charge in [-0.05, 0) is 39.5 Å². The second kappa shape index (κ2) is 5.83. The van der Waals surface area contributed by atoms with Gasteiger partial charge in [0.15, 0.2) is 0 Å². The third kappa shape index (κ3) is 4.49. The SMILES string of the molecule is COC1CCC(NCC(C)(C)OC)CC1. The van der Waals surface area contributed by atoms with E-state index in [4.69, 9.17) is 9.47 Å². The predicted molar refractivity (Wildman–Crippen MR) is 62.1 cm³/mol. The molecule has 0 heterocycles. The molecule has 3 heteroatoms. The Morgan fingerprint density at radius 3 is 2.20 bits per heavy atom. The summed E-state index contributed by atoms with van der Waals surface area (Å²) < 4.78 is 10.7. The first-order valence-corrected chi connectivity index (χ1v) is 5.89. The van der Waals surface area contributed by atoms with Gasteiger partial charge in [0.1, 0.15) is 0 Å². The zero-order valence-electron chi connectivity index (χ0n) is 10.5. The van der Waals surface area contributed by atoms with Crippen LogP contribution in [0.25, 0.3) is 0 Å². The van der Waals surface area contributed by atoms with Crippen LogP contribution < -0.4 is 5.32 Å². The normalized spacial score (nSPS) is 28.0. The van der Waals surface area contributed by atoms with Gasteiger partial charge in [-0.2, -0.15) is 0 Å². The van der Waals surface area contributed by atoms with Gasteiger partial charge in [0, 0.05) is 26.8 Å². The molecule has 0 aromatic heterocycles. The molecule has 0 bridgehead atoms. The maximum atomic E-state index is 5.38. The molecule has 90 valence electrons. The molecular weight excluding hydrogens is 190 g/mol. The van der Waals surface area contributed by atoms with E-state index in [-0.39, 0.29) is 5.60 Å². The summed E-state index contributed by atoms with van der Waals surface area (Å²) in [7, 11) is 3.58. The van der Waals surface area contributed by atoms with Crippen molar-refractivity contribution in [3.05, 3.63) is 0 Å². The number of methoxy groups -OCH3 is 2. The first-order chi connectivity index (χ1) is 7.07. The van der Waals surface area contributed by atoms with Gasteiger partial charge in [0.05, 0.1) is 11.7 Å². The topological polar surface area (TPSA) is 30.5 Å². The average molecular weight is 215 g/mol. The number of hydrogen-bond acceptors (Lipinski definition) is 3. The summed E-state index contributed by atoms with van der Waals surface area (Å²) in [5, 5.41) is 3.58. The van der Waals surface area contributed by atoms with Gasteiger partial charge in [-0.1, -0.05) is 0 Å². The Labute approximate surface area is 93.5 Å². The first-order valence-electron chi connectivity index (χ1n) is 5.89. The lowest BCUT2D eigenvalue weighted by molar-refractivity contribution is 0.0159. The van der Waals surface area contributed by atoms with Gasteiger partial charge in [0.2, 0.25) is 0 Å². The first kappa shape index (κ1) is 12.9. The Kier molecular flexibility index (Phi) is 5.03. The smallest absolute Gasteiger partial charge is 0.0746 e. The van der Waals surface area contributed by atoms with Crippen molar-refractivity contribution >= 4 is 0 Å². The number of nitrogens with one attached hydrogen (secondary N) is 1. The zero-order chi connectivity index (χ0) is 11.3. The van der Waals surface area contributed by atoms with E-state index in [0.29, 0.717) is 12.1 Å². The van der Waals surface area contributed by atoms with E-state index in [2.05, 4.69) is 19.2 Å². The highest BCUT2D eigenvalue weighted by Crippen LogP contribution is 2.21. The average Bonchev–Trinajstić information content (AvgIpc) is 2.27. The van der Waals surface area contributed by atoms with Crippen LogP contribution >= 0.6 is 0 Å².